The molecule has 2 rings (SSSR count). The Bertz CT molecular complexity index is 684. The molecular weight excluding hydrogens is 388 g/mol. The first-order valence-corrected chi connectivity index (χ1v) is 9.39. The highest BCUT2D eigenvalue weighted by Crippen LogP contribution is 2.21. The van der Waals surface area contributed by atoms with Crippen molar-refractivity contribution in [2.75, 3.05) is 19.7 Å². The summed E-state index contributed by atoms with van der Waals surface area (Å²) in [6.07, 6.45) is 1.01. The molecule has 0 bridgehead atoms. The summed E-state index contributed by atoms with van der Waals surface area (Å²) < 4.78 is 0. The van der Waals surface area contributed by atoms with E-state index in [4.69, 9.17) is 10.8 Å². The van der Waals surface area contributed by atoms with E-state index in [-0.39, 0.29) is 13.1 Å². The van der Waals surface area contributed by atoms with Crippen LogP contribution < -0.4 is 11.1 Å². The second-order valence-corrected chi connectivity index (χ2v) is 7.17. The number of amides is 3. The number of carbonyl (C=O) groups is 5. The molecule has 0 radical (unpaired) electrons. The standard InChI is InChI=1S/C17H26N4O8/c18-9(7-13(23)24)15(26)20-5-1-3-11(20)14(25)19-10(8-22)16(27)21-6-2-4-12(21)17(28)29/h9-12,22H,1-8,18H2,(H,19,25)(H,23,24)(H,28,29). The fraction of sp³-hybridized carbons (Fsp3) is 0.706. The minimum absolute atomic E-state index is 0.209. The van der Waals surface area contributed by atoms with E-state index in [1.54, 1.807) is 0 Å². The lowest BCUT2D eigenvalue weighted by Gasteiger charge is -2.29. The minimum Gasteiger partial charge on any atom is -0.481 e. The Kier molecular flexibility index (Phi) is 7.51. The molecule has 12 heteroatoms. The van der Waals surface area contributed by atoms with Gasteiger partial charge in [0.25, 0.3) is 0 Å². The van der Waals surface area contributed by atoms with Gasteiger partial charge in [0, 0.05) is 13.1 Å². The summed E-state index contributed by atoms with van der Waals surface area (Å²) in [5.74, 6) is -4.46. The Labute approximate surface area is 166 Å². The average Bonchev–Trinajstić information content (AvgIpc) is 3.33. The van der Waals surface area contributed by atoms with Gasteiger partial charge in [-0.3, -0.25) is 19.2 Å². The number of carboxylic acids is 2. The highest BCUT2D eigenvalue weighted by atomic mass is 16.4. The molecule has 12 nitrogen and oxygen atoms in total. The van der Waals surface area contributed by atoms with Crippen LogP contribution in [0, 0.1) is 0 Å². The fourth-order valence-corrected chi connectivity index (χ4v) is 3.73. The molecule has 2 saturated heterocycles. The molecule has 2 aliphatic heterocycles. The maximum Gasteiger partial charge on any atom is 0.326 e. The molecule has 0 aliphatic carbocycles. The van der Waals surface area contributed by atoms with Crippen LogP contribution in [0.4, 0.5) is 0 Å². The first-order valence-electron chi connectivity index (χ1n) is 9.39. The maximum absolute atomic E-state index is 12.6. The van der Waals surface area contributed by atoms with Gasteiger partial charge in [-0.1, -0.05) is 0 Å². The maximum atomic E-state index is 12.6. The van der Waals surface area contributed by atoms with Gasteiger partial charge >= 0.3 is 11.9 Å². The number of aliphatic hydroxyl groups is 1. The van der Waals surface area contributed by atoms with Crippen molar-refractivity contribution in [2.24, 2.45) is 5.73 Å². The predicted octanol–water partition coefficient (Wildman–Crippen LogP) is -2.67. The van der Waals surface area contributed by atoms with Crippen LogP contribution in [0.5, 0.6) is 0 Å². The van der Waals surface area contributed by atoms with Crippen LogP contribution in [-0.2, 0) is 24.0 Å². The number of carbonyl (C=O) groups excluding carboxylic acids is 3. The van der Waals surface area contributed by atoms with Gasteiger partial charge in [0.1, 0.15) is 18.1 Å². The van der Waals surface area contributed by atoms with E-state index in [2.05, 4.69) is 5.32 Å². The van der Waals surface area contributed by atoms with Gasteiger partial charge in [0.15, 0.2) is 0 Å². The molecule has 6 N–H and O–H groups in total. The summed E-state index contributed by atoms with van der Waals surface area (Å²) in [5, 5.41) is 29.9. The minimum atomic E-state index is -1.34. The molecule has 3 amide bonds. The first-order chi connectivity index (χ1) is 13.7. The summed E-state index contributed by atoms with van der Waals surface area (Å²) in [6.45, 7) is -0.304. The number of hydrogen-bond donors (Lipinski definition) is 5. The second-order valence-electron chi connectivity index (χ2n) is 7.17. The van der Waals surface area contributed by atoms with Gasteiger partial charge in [-0.25, -0.2) is 4.79 Å². The lowest BCUT2D eigenvalue weighted by Crippen LogP contribution is -2.57. The Morgan fingerprint density at radius 1 is 0.966 bits per heavy atom. The van der Waals surface area contributed by atoms with E-state index in [1.165, 1.54) is 4.90 Å². The zero-order valence-corrected chi connectivity index (χ0v) is 15.8. The molecule has 162 valence electrons. The Morgan fingerprint density at radius 2 is 1.52 bits per heavy atom. The van der Waals surface area contributed by atoms with E-state index in [1.807, 2.05) is 0 Å². The van der Waals surface area contributed by atoms with E-state index >= 15 is 0 Å². The molecule has 29 heavy (non-hydrogen) atoms. The average molecular weight is 414 g/mol. The van der Waals surface area contributed by atoms with Crippen molar-refractivity contribution in [3.8, 4) is 0 Å². The number of aliphatic hydroxyl groups excluding tert-OH is 1. The number of aliphatic carboxylic acids is 2. The molecule has 0 aromatic rings. The van der Waals surface area contributed by atoms with E-state index < -0.39 is 66.9 Å². The number of hydrogen-bond acceptors (Lipinski definition) is 7. The number of rotatable bonds is 8. The van der Waals surface area contributed by atoms with Crippen molar-refractivity contribution in [3.63, 3.8) is 0 Å². The molecule has 0 aromatic heterocycles. The van der Waals surface area contributed by atoms with Crippen molar-refractivity contribution in [3.05, 3.63) is 0 Å². The smallest absolute Gasteiger partial charge is 0.326 e. The Morgan fingerprint density at radius 3 is 2.03 bits per heavy atom. The van der Waals surface area contributed by atoms with Crippen LogP contribution in [0.15, 0.2) is 0 Å². The molecule has 2 fully saturated rings. The van der Waals surface area contributed by atoms with Crippen LogP contribution >= 0.6 is 0 Å². The van der Waals surface area contributed by atoms with Crippen molar-refractivity contribution >= 4 is 29.7 Å². The lowest BCUT2D eigenvalue weighted by molar-refractivity contribution is -0.150. The zero-order chi connectivity index (χ0) is 21.7. The number of nitrogens with zero attached hydrogens (tertiary/aromatic N) is 2. The lowest BCUT2D eigenvalue weighted by atomic mass is 10.1. The van der Waals surface area contributed by atoms with E-state index in [0.717, 1.165) is 4.90 Å². The summed E-state index contributed by atoms with van der Waals surface area (Å²) in [5.41, 5.74) is 5.60. The third kappa shape index (κ3) is 5.21. The van der Waals surface area contributed by atoms with Crippen LogP contribution in [0.2, 0.25) is 0 Å². The third-order valence-corrected chi connectivity index (χ3v) is 5.17. The highest BCUT2D eigenvalue weighted by Gasteiger charge is 2.40. The quantitative estimate of drug-likeness (QED) is 0.282. The molecule has 0 spiro atoms. The number of nitrogens with one attached hydrogen (secondary N) is 1. The van der Waals surface area contributed by atoms with Crippen molar-refractivity contribution in [1.82, 2.24) is 15.1 Å². The summed E-state index contributed by atoms with van der Waals surface area (Å²) >= 11 is 0. The van der Waals surface area contributed by atoms with E-state index in [0.29, 0.717) is 25.7 Å². The molecule has 0 saturated carbocycles. The molecule has 4 unspecified atom stereocenters. The summed E-state index contributed by atoms with van der Waals surface area (Å²) in [4.78, 5) is 62.0. The molecule has 2 aliphatic rings. The second kappa shape index (κ2) is 9.65. The van der Waals surface area contributed by atoms with Crippen LogP contribution in [0.1, 0.15) is 32.1 Å². The van der Waals surface area contributed by atoms with Gasteiger partial charge < -0.3 is 36.2 Å². The topological polar surface area (TPSA) is 191 Å². The summed E-state index contributed by atoms with van der Waals surface area (Å²) in [6, 6.07) is -4.59. The summed E-state index contributed by atoms with van der Waals surface area (Å²) in [7, 11) is 0. The van der Waals surface area contributed by atoms with E-state index in [9.17, 15) is 34.2 Å². The zero-order valence-electron chi connectivity index (χ0n) is 15.8. The fourth-order valence-electron chi connectivity index (χ4n) is 3.73. The van der Waals surface area contributed by atoms with Crippen molar-refractivity contribution < 1.29 is 39.3 Å². The monoisotopic (exact) mass is 414 g/mol. The van der Waals surface area contributed by atoms with Crippen LogP contribution in [0.3, 0.4) is 0 Å². The molecular formula is C17H26N4O8. The third-order valence-electron chi connectivity index (χ3n) is 5.17. The molecule has 0 aromatic carbocycles. The van der Waals surface area contributed by atoms with Gasteiger partial charge in [0.2, 0.25) is 17.7 Å². The Hall–Kier alpha value is -2.73. The number of nitrogens with two attached hydrogens (primary N) is 1. The van der Waals surface area contributed by atoms with Gasteiger partial charge in [-0.05, 0) is 25.7 Å². The van der Waals surface area contributed by atoms with Crippen molar-refractivity contribution in [1.29, 1.82) is 0 Å². The number of carboxylic acid groups (broad SMARTS) is 2. The molecule has 4 atom stereocenters. The highest BCUT2D eigenvalue weighted by molar-refractivity contribution is 5.95. The van der Waals surface area contributed by atoms with Gasteiger partial charge in [0.05, 0.1) is 19.1 Å². The largest absolute Gasteiger partial charge is 0.481 e. The first kappa shape index (κ1) is 22.6. The van der Waals surface area contributed by atoms with Gasteiger partial charge in [-0.15, -0.1) is 0 Å². The van der Waals surface area contributed by atoms with Crippen LogP contribution in [0.25, 0.3) is 0 Å². The van der Waals surface area contributed by atoms with Crippen LogP contribution in [-0.4, -0.2) is 98.6 Å². The van der Waals surface area contributed by atoms with Gasteiger partial charge in [-0.2, -0.15) is 0 Å². The SMILES string of the molecule is NC(CC(=O)O)C(=O)N1CCCC1C(=O)NC(CO)C(=O)N1CCCC1C(=O)O. The normalized spacial score (nSPS) is 23.5. The molecule has 2 heterocycles. The predicted molar refractivity (Wildman–Crippen MR) is 96.4 cm³/mol. The number of likely N-dealkylation sites (tertiary alicyclic amines) is 2. The Balaban J connectivity index is 2.04. The van der Waals surface area contributed by atoms with Crippen molar-refractivity contribution in [2.45, 2.75) is 56.3 Å².